The number of benzene rings is 1. The first kappa shape index (κ1) is 20.4. The van der Waals surface area contributed by atoms with Crippen molar-refractivity contribution in [3.05, 3.63) is 34.7 Å². The maximum atomic E-state index is 12.4. The Bertz CT molecular complexity index is 879. The van der Waals surface area contributed by atoms with Crippen molar-refractivity contribution in [1.29, 1.82) is 0 Å². The molecule has 2 N–H and O–H groups in total. The third kappa shape index (κ3) is 5.53. The first-order valence-electron chi connectivity index (χ1n) is 7.27. The zero-order chi connectivity index (χ0) is 19.5. The number of hydrogen-bond donors (Lipinski definition) is 2. The highest BCUT2D eigenvalue weighted by Crippen LogP contribution is 2.32. The molecule has 1 amide bonds. The van der Waals surface area contributed by atoms with Gasteiger partial charge in [-0.3, -0.25) is 14.2 Å². The predicted molar refractivity (Wildman–Crippen MR) is 100 cm³/mol. The van der Waals surface area contributed by atoms with Crippen molar-refractivity contribution in [3.63, 3.8) is 0 Å². The van der Waals surface area contributed by atoms with Gasteiger partial charge in [0.1, 0.15) is 10.1 Å². The number of thiocarbonyl (C=S) groups is 1. The number of carbonyl (C=O) groups is 2. The quantitative estimate of drug-likeness (QED) is 0.387. The van der Waals surface area contributed by atoms with Gasteiger partial charge in [0.25, 0.3) is 16.0 Å². The molecule has 0 saturated carbocycles. The second-order valence-corrected chi connectivity index (χ2v) is 8.54. The Morgan fingerprint density at radius 2 is 2.15 bits per heavy atom. The Balaban J connectivity index is 2.16. The van der Waals surface area contributed by atoms with E-state index in [4.69, 9.17) is 26.6 Å². The average Bonchev–Trinajstić information content (AvgIpc) is 2.78. The molecule has 1 saturated heterocycles. The molecule has 140 valence electrons. The molecule has 11 heteroatoms. The van der Waals surface area contributed by atoms with Crippen LogP contribution in [0.1, 0.15) is 12.5 Å². The molecular weight excluding hydrogens is 402 g/mol. The molecule has 1 unspecified atom stereocenters. The van der Waals surface area contributed by atoms with Gasteiger partial charge < -0.3 is 9.84 Å². The van der Waals surface area contributed by atoms with Crippen LogP contribution in [0.5, 0.6) is 5.75 Å². The molecule has 1 aliphatic heterocycles. The van der Waals surface area contributed by atoms with Crippen LogP contribution in [0, 0.1) is 0 Å². The van der Waals surface area contributed by atoms with E-state index in [1.54, 1.807) is 30.3 Å². The molecule has 1 heterocycles. The van der Waals surface area contributed by atoms with Gasteiger partial charge in [-0.2, -0.15) is 8.42 Å². The van der Waals surface area contributed by atoms with Crippen LogP contribution < -0.4 is 4.74 Å². The fraction of sp³-hybridized carbons (Fsp3) is 0.267. The van der Waals surface area contributed by atoms with E-state index in [2.05, 4.69) is 0 Å². The number of aliphatic carboxylic acids is 1. The summed E-state index contributed by atoms with van der Waals surface area (Å²) in [5.41, 5.74) is 0.593. The van der Waals surface area contributed by atoms with E-state index in [-0.39, 0.29) is 15.8 Å². The van der Waals surface area contributed by atoms with Crippen molar-refractivity contribution in [1.82, 2.24) is 4.90 Å². The van der Waals surface area contributed by atoms with Crippen molar-refractivity contribution in [2.75, 3.05) is 12.3 Å². The highest BCUT2D eigenvalue weighted by molar-refractivity contribution is 8.26. The SMILES string of the molecule is CC(Oc1cccc(/C=C2\SC(=S)N(CCS(=O)(=O)O)C2=O)c1)C(=O)O. The summed E-state index contributed by atoms with van der Waals surface area (Å²) in [6.45, 7) is 1.16. The highest BCUT2D eigenvalue weighted by Gasteiger charge is 2.32. The number of ether oxygens (including phenoxy) is 1. The lowest BCUT2D eigenvalue weighted by Gasteiger charge is -2.12. The fourth-order valence-corrected chi connectivity index (χ4v) is 3.70. The van der Waals surface area contributed by atoms with Gasteiger partial charge in [-0.05, 0) is 30.7 Å². The van der Waals surface area contributed by atoms with Crippen LogP contribution in [0.15, 0.2) is 29.2 Å². The van der Waals surface area contributed by atoms with Gasteiger partial charge in [0.05, 0.1) is 10.7 Å². The molecule has 1 aliphatic rings. The molecule has 2 rings (SSSR count). The van der Waals surface area contributed by atoms with Gasteiger partial charge >= 0.3 is 5.97 Å². The van der Waals surface area contributed by atoms with Crippen LogP contribution in [0.3, 0.4) is 0 Å². The summed E-state index contributed by atoms with van der Waals surface area (Å²) in [6, 6.07) is 6.51. The van der Waals surface area contributed by atoms with E-state index >= 15 is 0 Å². The lowest BCUT2D eigenvalue weighted by molar-refractivity contribution is -0.144. The zero-order valence-electron chi connectivity index (χ0n) is 13.5. The van der Waals surface area contributed by atoms with E-state index in [9.17, 15) is 18.0 Å². The fourth-order valence-electron chi connectivity index (χ4n) is 1.98. The first-order chi connectivity index (χ1) is 12.1. The number of thioether (sulfide) groups is 1. The summed E-state index contributed by atoms with van der Waals surface area (Å²) >= 11 is 6.08. The van der Waals surface area contributed by atoms with Gasteiger partial charge in [-0.1, -0.05) is 36.1 Å². The third-order valence-electron chi connectivity index (χ3n) is 3.26. The van der Waals surface area contributed by atoms with E-state index in [1.165, 1.54) is 6.92 Å². The number of nitrogens with zero attached hydrogens (tertiary/aromatic N) is 1. The smallest absolute Gasteiger partial charge is 0.344 e. The van der Waals surface area contributed by atoms with Crippen LogP contribution in [0.4, 0.5) is 0 Å². The molecule has 26 heavy (non-hydrogen) atoms. The maximum absolute atomic E-state index is 12.4. The number of hydrogen-bond acceptors (Lipinski definition) is 7. The number of amides is 1. The van der Waals surface area contributed by atoms with Gasteiger partial charge in [0.15, 0.2) is 6.10 Å². The lowest BCUT2D eigenvalue weighted by Crippen LogP contribution is -2.32. The van der Waals surface area contributed by atoms with Crippen molar-refractivity contribution in [3.8, 4) is 5.75 Å². The number of carbonyl (C=O) groups excluding carboxylic acids is 1. The van der Waals surface area contributed by atoms with Crippen molar-refractivity contribution in [2.24, 2.45) is 0 Å². The van der Waals surface area contributed by atoms with Gasteiger partial charge in [0.2, 0.25) is 0 Å². The molecule has 1 aromatic carbocycles. The third-order valence-corrected chi connectivity index (χ3v) is 5.34. The zero-order valence-corrected chi connectivity index (χ0v) is 15.9. The van der Waals surface area contributed by atoms with E-state index in [0.717, 1.165) is 16.7 Å². The molecule has 0 aromatic heterocycles. The average molecular weight is 417 g/mol. The minimum absolute atomic E-state index is 0.191. The summed E-state index contributed by atoms with van der Waals surface area (Å²) in [5, 5.41) is 8.88. The molecular formula is C15H15NO7S3. The Morgan fingerprint density at radius 1 is 1.46 bits per heavy atom. The molecule has 0 aliphatic carbocycles. The van der Waals surface area contributed by atoms with Crippen LogP contribution in [0.25, 0.3) is 6.08 Å². The molecule has 0 spiro atoms. The second kappa shape index (κ2) is 8.16. The van der Waals surface area contributed by atoms with Gasteiger partial charge in [-0.25, -0.2) is 4.79 Å². The Morgan fingerprint density at radius 3 is 2.77 bits per heavy atom. The van der Waals surface area contributed by atoms with Gasteiger partial charge in [-0.15, -0.1) is 0 Å². The maximum Gasteiger partial charge on any atom is 0.344 e. The molecule has 1 fully saturated rings. The van der Waals surface area contributed by atoms with Crippen LogP contribution >= 0.6 is 24.0 Å². The van der Waals surface area contributed by atoms with E-state index in [0.29, 0.717) is 11.3 Å². The summed E-state index contributed by atoms with van der Waals surface area (Å²) < 4.78 is 36.0. The summed E-state index contributed by atoms with van der Waals surface area (Å²) in [6.07, 6.45) is 0.522. The summed E-state index contributed by atoms with van der Waals surface area (Å²) in [4.78, 5) is 24.6. The van der Waals surface area contributed by atoms with Crippen LogP contribution in [0.2, 0.25) is 0 Å². The minimum Gasteiger partial charge on any atom is -0.479 e. The molecule has 8 nitrogen and oxygen atoms in total. The summed E-state index contributed by atoms with van der Waals surface area (Å²) in [7, 11) is -4.21. The van der Waals surface area contributed by atoms with Crippen molar-refractivity contribution >= 4 is 56.4 Å². The van der Waals surface area contributed by atoms with Crippen LogP contribution in [-0.2, 0) is 19.7 Å². The van der Waals surface area contributed by atoms with E-state index in [1.807, 2.05) is 0 Å². The van der Waals surface area contributed by atoms with Crippen molar-refractivity contribution in [2.45, 2.75) is 13.0 Å². The van der Waals surface area contributed by atoms with Gasteiger partial charge in [0, 0.05) is 6.54 Å². The monoisotopic (exact) mass is 417 g/mol. The Kier molecular flexibility index (Phi) is 6.39. The molecule has 1 aromatic rings. The molecule has 0 radical (unpaired) electrons. The largest absolute Gasteiger partial charge is 0.479 e. The molecule has 0 bridgehead atoms. The van der Waals surface area contributed by atoms with E-state index < -0.39 is 33.9 Å². The summed E-state index contributed by atoms with van der Waals surface area (Å²) in [5.74, 6) is -1.84. The normalized spacial score (nSPS) is 17.6. The number of carboxylic acids is 1. The van der Waals surface area contributed by atoms with Crippen LogP contribution in [-0.4, -0.2) is 57.6 Å². The highest BCUT2D eigenvalue weighted by atomic mass is 32.2. The second-order valence-electron chi connectivity index (χ2n) is 5.29. The minimum atomic E-state index is -4.21. The Hall–Kier alpha value is -1.95. The lowest BCUT2D eigenvalue weighted by atomic mass is 10.2. The first-order valence-corrected chi connectivity index (χ1v) is 10.1. The standard InChI is InChI=1S/C15H15NO7S3/c1-9(14(18)19)23-11-4-2-3-10(7-11)8-12-13(17)16(15(24)25-12)5-6-26(20,21)22/h2-4,7-9H,5-6H2,1H3,(H,18,19)(H,20,21,22)/b12-8-. The number of rotatable bonds is 7. The Labute approximate surface area is 159 Å². The van der Waals surface area contributed by atoms with Crippen molar-refractivity contribution < 1.29 is 32.4 Å². The topological polar surface area (TPSA) is 121 Å². The predicted octanol–water partition coefficient (Wildman–Crippen LogP) is 1.63. The molecule has 1 atom stereocenters. The number of carboxylic acid groups (broad SMARTS) is 1.